The van der Waals surface area contributed by atoms with Crippen molar-refractivity contribution >= 4 is 12.0 Å². The number of aryl methyl sites for hydroxylation is 1. The van der Waals surface area contributed by atoms with E-state index in [1.54, 1.807) is 24.3 Å². The Hall–Kier alpha value is -3.46. The summed E-state index contributed by atoms with van der Waals surface area (Å²) >= 11 is 0. The molecule has 7 nitrogen and oxygen atoms in total. The molecular formula is C35H45FN4O3. The van der Waals surface area contributed by atoms with Crippen LogP contribution in [0.1, 0.15) is 85.4 Å². The number of nitrogens with one attached hydrogen (secondary N) is 1. The van der Waals surface area contributed by atoms with Crippen molar-refractivity contribution in [1.82, 2.24) is 20.2 Å². The lowest BCUT2D eigenvalue weighted by molar-refractivity contribution is 0.0946. The van der Waals surface area contributed by atoms with Gasteiger partial charge in [-0.15, -0.1) is 0 Å². The molecule has 0 aliphatic heterocycles. The molecule has 0 radical (unpaired) electrons. The largest absolute Gasteiger partial charge is 0.393 e. The van der Waals surface area contributed by atoms with E-state index in [9.17, 15) is 19.4 Å². The number of hydrogen-bond acceptors (Lipinski definition) is 6. The van der Waals surface area contributed by atoms with E-state index in [1.165, 1.54) is 12.1 Å². The molecule has 3 aromatic rings. The van der Waals surface area contributed by atoms with Gasteiger partial charge < -0.3 is 20.4 Å². The first-order chi connectivity index (χ1) is 20.6. The van der Waals surface area contributed by atoms with Crippen LogP contribution in [0.25, 0.3) is 28.5 Å². The van der Waals surface area contributed by atoms with Crippen molar-refractivity contribution in [2.45, 2.75) is 77.4 Å². The Balaban J connectivity index is 1.82. The molecule has 2 heterocycles. The molecule has 1 aromatic carbocycles. The highest BCUT2D eigenvalue weighted by Gasteiger charge is 2.26. The molecule has 0 bridgehead atoms. The molecule has 0 saturated heterocycles. The summed E-state index contributed by atoms with van der Waals surface area (Å²) in [6, 6.07) is 10.2. The van der Waals surface area contributed by atoms with Crippen LogP contribution in [-0.4, -0.2) is 70.4 Å². The van der Waals surface area contributed by atoms with Gasteiger partial charge >= 0.3 is 0 Å². The third kappa shape index (κ3) is 8.13. The molecule has 0 saturated carbocycles. The Labute approximate surface area is 254 Å². The smallest absolute Gasteiger partial charge is 0.269 e. The fourth-order valence-corrected chi connectivity index (χ4v) is 5.56. The summed E-state index contributed by atoms with van der Waals surface area (Å²) in [6.07, 6.45) is 6.14. The minimum atomic E-state index is -0.813. The van der Waals surface area contributed by atoms with Crippen molar-refractivity contribution in [3.63, 3.8) is 0 Å². The highest BCUT2D eigenvalue weighted by atomic mass is 19.1. The summed E-state index contributed by atoms with van der Waals surface area (Å²) in [5, 5.41) is 23.7. The lowest BCUT2D eigenvalue weighted by Gasteiger charge is -2.22. The second kappa shape index (κ2) is 14.8. The van der Waals surface area contributed by atoms with E-state index in [0.29, 0.717) is 25.1 Å². The number of aliphatic hydroxyl groups excluding tert-OH is 2. The van der Waals surface area contributed by atoms with E-state index in [-0.39, 0.29) is 24.1 Å². The molecule has 43 heavy (non-hydrogen) atoms. The minimum absolute atomic E-state index is 0.0504. The van der Waals surface area contributed by atoms with Gasteiger partial charge in [0.25, 0.3) is 5.91 Å². The van der Waals surface area contributed by atoms with Gasteiger partial charge in [-0.05, 0) is 99.6 Å². The lowest BCUT2D eigenvalue weighted by atomic mass is 9.86. The predicted octanol–water partition coefficient (Wildman–Crippen LogP) is 5.78. The first kappa shape index (κ1) is 32.5. The average molecular weight is 589 g/mol. The Morgan fingerprint density at radius 1 is 1.09 bits per heavy atom. The predicted molar refractivity (Wildman–Crippen MR) is 170 cm³/mol. The summed E-state index contributed by atoms with van der Waals surface area (Å²) in [4.78, 5) is 25.0. The quantitative estimate of drug-likeness (QED) is 0.232. The summed E-state index contributed by atoms with van der Waals surface area (Å²) in [5.74, 6) is -0.438. The van der Waals surface area contributed by atoms with E-state index in [1.807, 2.05) is 33.2 Å². The summed E-state index contributed by atoms with van der Waals surface area (Å²) in [6.45, 7) is 7.53. The zero-order chi connectivity index (χ0) is 31.1. The lowest BCUT2D eigenvalue weighted by Crippen LogP contribution is -2.28. The van der Waals surface area contributed by atoms with Crippen molar-refractivity contribution < 1.29 is 19.4 Å². The monoisotopic (exact) mass is 588 g/mol. The topological polar surface area (TPSA) is 98.6 Å². The molecule has 1 aliphatic carbocycles. The van der Waals surface area contributed by atoms with Crippen LogP contribution in [0.4, 0.5) is 4.39 Å². The summed E-state index contributed by atoms with van der Waals surface area (Å²) < 4.78 is 14.0. The third-order valence-electron chi connectivity index (χ3n) is 7.88. The van der Waals surface area contributed by atoms with Gasteiger partial charge in [-0.3, -0.25) is 9.78 Å². The number of halogens is 1. The number of benzene rings is 1. The number of amides is 1. The number of carbonyl (C=O) groups is 1. The Kier molecular flexibility index (Phi) is 11.2. The van der Waals surface area contributed by atoms with Crippen LogP contribution < -0.4 is 5.32 Å². The standard InChI is InChI=1S/C35H45FN4O3/c1-6-25(41)21-26(42)15-16-29-32(23-11-13-24(36)14-12-23)28-9-7-10-30-27(34(28)39-33(29)22(2)3)17-18-31(38-30)35(43)37-19-8-20-40(4)5/h11-18,22,25-26,41-42H,6-10,19-21H2,1-5H3,(H,37,43)/b16-15+/t25-,26+/m0/s1. The maximum Gasteiger partial charge on any atom is 0.269 e. The van der Waals surface area contributed by atoms with E-state index in [0.717, 1.165) is 70.7 Å². The highest BCUT2D eigenvalue weighted by Crippen LogP contribution is 2.41. The fraction of sp³-hybridized carbons (Fsp3) is 0.457. The van der Waals surface area contributed by atoms with Crippen LogP contribution in [0.2, 0.25) is 0 Å². The van der Waals surface area contributed by atoms with Gasteiger partial charge in [0.2, 0.25) is 0 Å². The normalized spacial score (nSPS) is 14.5. The number of rotatable bonds is 12. The minimum Gasteiger partial charge on any atom is -0.393 e. The second-order valence-corrected chi connectivity index (χ2v) is 12.0. The number of carbonyl (C=O) groups excluding carboxylic acids is 1. The molecule has 2 aromatic heterocycles. The zero-order valence-electron chi connectivity index (χ0n) is 26.0. The first-order valence-electron chi connectivity index (χ1n) is 15.4. The molecule has 230 valence electrons. The summed E-state index contributed by atoms with van der Waals surface area (Å²) in [7, 11) is 4.02. The Morgan fingerprint density at radius 3 is 2.51 bits per heavy atom. The summed E-state index contributed by atoms with van der Waals surface area (Å²) in [5.41, 5.74) is 7.60. The van der Waals surface area contributed by atoms with Crippen LogP contribution in [-0.2, 0) is 12.8 Å². The van der Waals surface area contributed by atoms with Gasteiger partial charge in [-0.25, -0.2) is 9.37 Å². The molecule has 0 fully saturated rings. The Morgan fingerprint density at radius 2 is 1.84 bits per heavy atom. The number of fused-ring (bicyclic) bond motifs is 3. The molecular weight excluding hydrogens is 543 g/mol. The number of aliphatic hydroxyl groups is 2. The van der Waals surface area contributed by atoms with Gasteiger partial charge in [-0.1, -0.05) is 45.1 Å². The van der Waals surface area contributed by atoms with Crippen molar-refractivity contribution in [2.75, 3.05) is 27.2 Å². The maximum absolute atomic E-state index is 14.0. The molecule has 4 rings (SSSR count). The van der Waals surface area contributed by atoms with Gasteiger partial charge in [0.1, 0.15) is 11.5 Å². The second-order valence-electron chi connectivity index (χ2n) is 12.0. The van der Waals surface area contributed by atoms with Crippen LogP contribution in [0.15, 0.2) is 42.5 Å². The average Bonchev–Trinajstić information content (AvgIpc) is 3.16. The van der Waals surface area contributed by atoms with Crippen molar-refractivity contribution in [1.29, 1.82) is 0 Å². The highest BCUT2D eigenvalue weighted by molar-refractivity contribution is 5.93. The van der Waals surface area contributed by atoms with Crippen molar-refractivity contribution in [3.05, 3.63) is 76.5 Å². The number of hydrogen-bond donors (Lipinski definition) is 3. The van der Waals surface area contributed by atoms with Gasteiger partial charge in [0.15, 0.2) is 0 Å². The Bertz CT molecular complexity index is 1440. The number of aromatic nitrogens is 2. The molecule has 2 atom stereocenters. The first-order valence-corrected chi connectivity index (χ1v) is 15.4. The molecule has 1 amide bonds. The van der Waals surface area contributed by atoms with Gasteiger partial charge in [0.05, 0.1) is 29.3 Å². The third-order valence-corrected chi connectivity index (χ3v) is 7.88. The van der Waals surface area contributed by atoms with Crippen LogP contribution in [0.3, 0.4) is 0 Å². The van der Waals surface area contributed by atoms with Gasteiger partial charge in [0, 0.05) is 24.1 Å². The van der Waals surface area contributed by atoms with Crippen LogP contribution in [0, 0.1) is 5.82 Å². The van der Waals surface area contributed by atoms with Crippen LogP contribution in [0.5, 0.6) is 0 Å². The molecule has 0 unspecified atom stereocenters. The number of pyridine rings is 2. The van der Waals surface area contributed by atoms with E-state index in [2.05, 4.69) is 24.1 Å². The maximum atomic E-state index is 14.0. The molecule has 0 spiro atoms. The van der Waals surface area contributed by atoms with E-state index in [4.69, 9.17) is 9.97 Å². The fourth-order valence-electron chi connectivity index (χ4n) is 5.56. The van der Waals surface area contributed by atoms with E-state index >= 15 is 0 Å². The molecule has 3 N–H and O–H groups in total. The van der Waals surface area contributed by atoms with E-state index < -0.39 is 12.2 Å². The number of nitrogens with zero attached hydrogens (tertiary/aromatic N) is 3. The zero-order valence-corrected chi connectivity index (χ0v) is 26.0. The van der Waals surface area contributed by atoms with Crippen molar-refractivity contribution in [3.8, 4) is 22.4 Å². The van der Waals surface area contributed by atoms with Crippen LogP contribution >= 0.6 is 0 Å². The van der Waals surface area contributed by atoms with Crippen molar-refractivity contribution in [2.24, 2.45) is 0 Å². The molecule has 8 heteroatoms. The van der Waals surface area contributed by atoms with Gasteiger partial charge in [-0.2, -0.15) is 0 Å². The SMILES string of the molecule is CC[C@H](O)C[C@H](O)/C=C/c1c(C(C)C)nc2c(c1-c1ccc(F)cc1)CCCc1nc(C(=O)NCCCN(C)C)ccc1-2. The molecule has 1 aliphatic rings.